The van der Waals surface area contributed by atoms with Crippen LogP contribution < -0.4 is 0 Å². The van der Waals surface area contributed by atoms with Crippen LogP contribution in [0.25, 0.3) is 0 Å². The van der Waals surface area contributed by atoms with Gasteiger partial charge in [0.05, 0.1) is 11.0 Å². The zero-order chi connectivity index (χ0) is 11.3. The van der Waals surface area contributed by atoms with Gasteiger partial charge in [-0.3, -0.25) is 4.55 Å². The van der Waals surface area contributed by atoms with Crippen LogP contribution in [0.4, 0.5) is 0 Å². The van der Waals surface area contributed by atoms with Crippen molar-refractivity contribution in [1.82, 2.24) is 0 Å². The molecule has 1 rings (SSSR count). The van der Waals surface area contributed by atoms with E-state index in [9.17, 15) is 8.42 Å². The van der Waals surface area contributed by atoms with Crippen LogP contribution >= 0.6 is 10.8 Å². The Labute approximate surface area is 93.4 Å². The van der Waals surface area contributed by atoms with Gasteiger partial charge in [-0.25, -0.2) is 0 Å². The van der Waals surface area contributed by atoms with E-state index in [2.05, 4.69) is 5.16 Å². The molecule has 5 nitrogen and oxygen atoms in total. The summed E-state index contributed by atoms with van der Waals surface area (Å²) in [5.41, 5.74) is 0.728. The van der Waals surface area contributed by atoms with Crippen LogP contribution in [0.5, 0.6) is 0 Å². The van der Waals surface area contributed by atoms with Crippen molar-refractivity contribution in [3.8, 4) is 0 Å². The van der Waals surface area contributed by atoms with Gasteiger partial charge in [0.1, 0.15) is 6.61 Å². The average molecular weight is 253 g/mol. The summed E-state index contributed by atoms with van der Waals surface area (Å²) >= 11 is 0. The zero-order valence-corrected chi connectivity index (χ0v) is 10.2. The van der Waals surface area contributed by atoms with E-state index in [1.54, 1.807) is 0 Å². The van der Waals surface area contributed by atoms with Gasteiger partial charge in [0.2, 0.25) is 0 Å². The minimum Gasteiger partial charge on any atom is -0.396 e. The van der Waals surface area contributed by atoms with Crippen molar-refractivity contribution in [2.45, 2.75) is 37.9 Å². The molecule has 0 aromatic heterocycles. The molecular formula is C8H15NO4S2. The molecule has 0 aromatic rings. The standard InChI is InChI=1S/C8H15NO4S2/c1-2-13-9-7-5-3-4-6-8(7)14-15(10,11)12/h8H,2-6H2,1H3,(H,10,11,12)/b9-7+. The molecule has 0 saturated heterocycles. The Morgan fingerprint density at radius 3 is 2.93 bits per heavy atom. The third kappa shape index (κ3) is 4.85. The van der Waals surface area contributed by atoms with Crippen molar-refractivity contribution < 1.29 is 17.8 Å². The van der Waals surface area contributed by atoms with E-state index in [-0.39, 0.29) is 5.25 Å². The first-order chi connectivity index (χ1) is 7.03. The molecule has 1 fully saturated rings. The predicted molar refractivity (Wildman–Crippen MR) is 60.5 cm³/mol. The summed E-state index contributed by atoms with van der Waals surface area (Å²) < 4.78 is 30.2. The van der Waals surface area contributed by atoms with Gasteiger partial charge in [0.25, 0.3) is 0 Å². The Kier molecular flexibility index (Phi) is 4.88. The molecule has 0 amide bonds. The molecule has 88 valence electrons. The minimum atomic E-state index is -4.00. The molecule has 0 aromatic carbocycles. The van der Waals surface area contributed by atoms with Crippen molar-refractivity contribution in [3.63, 3.8) is 0 Å². The van der Waals surface area contributed by atoms with Crippen LogP contribution in [0.3, 0.4) is 0 Å². The van der Waals surface area contributed by atoms with Crippen LogP contribution in [0, 0.1) is 0 Å². The van der Waals surface area contributed by atoms with Crippen molar-refractivity contribution in [1.29, 1.82) is 0 Å². The number of hydrogen-bond acceptors (Lipinski definition) is 5. The third-order valence-electron chi connectivity index (χ3n) is 2.07. The van der Waals surface area contributed by atoms with Crippen molar-refractivity contribution in [3.05, 3.63) is 0 Å². The van der Waals surface area contributed by atoms with Gasteiger partial charge >= 0.3 is 9.15 Å². The summed E-state index contributed by atoms with van der Waals surface area (Å²) in [4.78, 5) is 4.92. The molecular weight excluding hydrogens is 238 g/mol. The Hall–Kier alpha value is -0.270. The van der Waals surface area contributed by atoms with Crippen molar-refractivity contribution in [2.75, 3.05) is 6.61 Å². The second kappa shape index (κ2) is 5.72. The highest BCUT2D eigenvalue weighted by Gasteiger charge is 2.26. The average Bonchev–Trinajstić information content (AvgIpc) is 2.14. The molecule has 1 saturated carbocycles. The van der Waals surface area contributed by atoms with Crippen LogP contribution in [-0.4, -0.2) is 30.5 Å². The second-order valence-corrected chi connectivity index (χ2v) is 6.72. The molecule has 1 unspecified atom stereocenters. The SMILES string of the molecule is CCO/N=C1\CCCCC1SS(=O)(=O)O. The quantitative estimate of drug-likeness (QED) is 0.470. The van der Waals surface area contributed by atoms with Gasteiger partial charge in [-0.2, -0.15) is 8.42 Å². The van der Waals surface area contributed by atoms with E-state index in [1.807, 2.05) is 6.92 Å². The molecule has 0 aliphatic heterocycles. The number of rotatable bonds is 4. The van der Waals surface area contributed by atoms with Crippen LogP contribution in [-0.2, 0) is 14.0 Å². The Morgan fingerprint density at radius 1 is 1.60 bits per heavy atom. The highest BCUT2D eigenvalue weighted by molar-refractivity contribution is 8.70. The Bertz CT molecular complexity index is 326. The smallest absolute Gasteiger partial charge is 0.320 e. The Morgan fingerprint density at radius 2 is 2.33 bits per heavy atom. The molecule has 15 heavy (non-hydrogen) atoms. The lowest BCUT2D eigenvalue weighted by atomic mass is 9.98. The lowest BCUT2D eigenvalue weighted by Crippen LogP contribution is -2.23. The zero-order valence-electron chi connectivity index (χ0n) is 8.55. The third-order valence-corrected chi connectivity index (χ3v) is 4.48. The molecule has 0 radical (unpaired) electrons. The lowest BCUT2D eigenvalue weighted by molar-refractivity contribution is 0.157. The van der Waals surface area contributed by atoms with Gasteiger partial charge in [0, 0.05) is 10.8 Å². The highest BCUT2D eigenvalue weighted by Crippen LogP contribution is 2.29. The van der Waals surface area contributed by atoms with Gasteiger partial charge in [-0.1, -0.05) is 11.6 Å². The van der Waals surface area contributed by atoms with Gasteiger partial charge in [-0.05, 0) is 26.2 Å². The highest BCUT2D eigenvalue weighted by atomic mass is 33.1. The maximum Gasteiger partial charge on any atom is 0.320 e. The summed E-state index contributed by atoms with van der Waals surface area (Å²) in [6.07, 6.45) is 3.41. The normalized spacial score (nSPS) is 25.5. The second-order valence-electron chi connectivity index (χ2n) is 3.26. The van der Waals surface area contributed by atoms with Gasteiger partial charge in [-0.15, -0.1) is 0 Å². The Balaban J connectivity index is 2.66. The number of nitrogens with zero attached hydrogens (tertiary/aromatic N) is 1. The minimum absolute atomic E-state index is 0.264. The first-order valence-electron chi connectivity index (χ1n) is 4.87. The summed E-state index contributed by atoms with van der Waals surface area (Å²) in [7, 11) is -3.45. The molecule has 0 bridgehead atoms. The molecule has 0 spiro atoms. The molecule has 1 N–H and O–H groups in total. The van der Waals surface area contributed by atoms with E-state index in [1.165, 1.54) is 0 Å². The molecule has 7 heteroatoms. The summed E-state index contributed by atoms with van der Waals surface area (Å²) in [5, 5.41) is 3.62. The van der Waals surface area contributed by atoms with Crippen LogP contribution in [0.15, 0.2) is 5.16 Å². The fourth-order valence-electron chi connectivity index (χ4n) is 1.47. The van der Waals surface area contributed by atoms with Crippen LogP contribution in [0.2, 0.25) is 0 Å². The number of hydrogen-bond donors (Lipinski definition) is 1. The largest absolute Gasteiger partial charge is 0.396 e. The van der Waals surface area contributed by atoms with E-state index in [0.717, 1.165) is 31.4 Å². The molecule has 1 atom stereocenters. The molecule has 1 aliphatic carbocycles. The maximum absolute atomic E-state index is 10.7. The van der Waals surface area contributed by atoms with Gasteiger partial charge < -0.3 is 4.84 Å². The fraction of sp³-hybridized carbons (Fsp3) is 0.875. The topological polar surface area (TPSA) is 76.0 Å². The van der Waals surface area contributed by atoms with E-state index >= 15 is 0 Å². The monoisotopic (exact) mass is 253 g/mol. The summed E-state index contributed by atoms with van der Waals surface area (Å²) in [5.74, 6) is 0. The lowest BCUT2D eigenvalue weighted by Gasteiger charge is -2.21. The molecule has 1 aliphatic rings. The predicted octanol–water partition coefficient (Wildman–Crippen LogP) is 1.86. The first-order valence-corrected chi connectivity index (χ1v) is 7.71. The van der Waals surface area contributed by atoms with Crippen molar-refractivity contribution in [2.24, 2.45) is 5.16 Å². The van der Waals surface area contributed by atoms with Gasteiger partial charge in [0.15, 0.2) is 0 Å². The first kappa shape index (κ1) is 12.8. The fourth-order valence-corrected chi connectivity index (χ4v) is 3.80. The van der Waals surface area contributed by atoms with E-state index < -0.39 is 9.15 Å². The van der Waals surface area contributed by atoms with E-state index in [4.69, 9.17) is 9.39 Å². The number of oxime groups is 1. The summed E-state index contributed by atoms with van der Waals surface area (Å²) in [6.45, 7) is 2.28. The van der Waals surface area contributed by atoms with Crippen LogP contribution in [0.1, 0.15) is 32.6 Å². The van der Waals surface area contributed by atoms with Crippen molar-refractivity contribution >= 4 is 25.7 Å². The summed E-state index contributed by atoms with van der Waals surface area (Å²) in [6, 6.07) is 0. The van der Waals surface area contributed by atoms with E-state index in [0.29, 0.717) is 17.4 Å². The maximum atomic E-state index is 10.7. The molecule has 0 heterocycles.